The van der Waals surface area contributed by atoms with Crippen LogP contribution in [0, 0.1) is 13.8 Å². The van der Waals surface area contributed by atoms with E-state index in [4.69, 9.17) is 10.7 Å². The maximum Gasteiger partial charge on any atom is 0.261 e. The van der Waals surface area contributed by atoms with E-state index >= 15 is 0 Å². The Bertz CT molecular complexity index is 663. The van der Waals surface area contributed by atoms with Crippen molar-refractivity contribution in [2.75, 3.05) is 0 Å². The van der Waals surface area contributed by atoms with Gasteiger partial charge in [0.05, 0.1) is 4.90 Å². The third-order valence-corrected chi connectivity index (χ3v) is 5.47. The summed E-state index contributed by atoms with van der Waals surface area (Å²) < 4.78 is 23.1. The van der Waals surface area contributed by atoms with Gasteiger partial charge in [0.1, 0.15) is 0 Å². The molecule has 1 amide bonds. The zero-order valence-electron chi connectivity index (χ0n) is 11.8. The first-order valence-corrected chi connectivity index (χ1v) is 8.82. The van der Waals surface area contributed by atoms with E-state index in [1.807, 2.05) is 6.92 Å². The van der Waals surface area contributed by atoms with Crippen LogP contribution in [0.5, 0.6) is 0 Å². The summed E-state index contributed by atoms with van der Waals surface area (Å²) in [7, 11) is 1.57. The van der Waals surface area contributed by atoms with Gasteiger partial charge in [0, 0.05) is 21.8 Å². The van der Waals surface area contributed by atoms with Crippen molar-refractivity contribution in [2.45, 2.75) is 50.5 Å². The van der Waals surface area contributed by atoms with Crippen molar-refractivity contribution in [3.63, 3.8) is 0 Å². The van der Waals surface area contributed by atoms with Crippen molar-refractivity contribution in [1.29, 1.82) is 0 Å². The molecule has 0 heterocycles. The van der Waals surface area contributed by atoms with Gasteiger partial charge in [-0.2, -0.15) is 0 Å². The van der Waals surface area contributed by atoms with Crippen LogP contribution in [-0.2, 0) is 9.05 Å². The molecule has 2 rings (SSSR count). The largest absolute Gasteiger partial charge is 0.347 e. The molecule has 0 radical (unpaired) electrons. The fourth-order valence-electron chi connectivity index (χ4n) is 2.39. The Balaban J connectivity index is 2.38. The minimum Gasteiger partial charge on any atom is -0.347 e. The molecule has 20 heavy (non-hydrogen) atoms. The lowest BCUT2D eigenvalue weighted by atomic mass is 9.78. The van der Waals surface area contributed by atoms with Crippen molar-refractivity contribution in [1.82, 2.24) is 5.32 Å². The monoisotopic (exact) mass is 315 g/mol. The first kappa shape index (κ1) is 15.3. The molecule has 1 N–H and O–H groups in total. The predicted molar refractivity (Wildman–Crippen MR) is 78.7 cm³/mol. The Hall–Kier alpha value is -1.07. The van der Waals surface area contributed by atoms with Gasteiger partial charge in [0.2, 0.25) is 0 Å². The summed E-state index contributed by atoms with van der Waals surface area (Å²) in [5.41, 5.74) is 1.47. The number of benzene rings is 1. The summed E-state index contributed by atoms with van der Waals surface area (Å²) in [5.74, 6) is -0.253. The number of aryl methyl sites for hydroxylation is 1. The molecule has 6 heteroatoms. The second kappa shape index (κ2) is 5.04. The molecule has 0 spiro atoms. The molecule has 1 saturated carbocycles. The van der Waals surface area contributed by atoms with E-state index in [0.717, 1.165) is 24.8 Å². The molecule has 1 aromatic rings. The van der Waals surface area contributed by atoms with E-state index < -0.39 is 9.05 Å². The number of nitrogens with one attached hydrogen (secondary N) is 1. The maximum atomic E-state index is 12.2. The number of halogens is 1. The second-order valence-corrected chi connectivity index (χ2v) is 8.26. The molecule has 0 saturated heterocycles. The number of carbonyl (C=O) groups excluding carboxylic acids is 1. The number of rotatable bonds is 3. The quantitative estimate of drug-likeness (QED) is 0.872. The molecule has 1 aliphatic rings. The molecule has 0 aromatic heterocycles. The van der Waals surface area contributed by atoms with Gasteiger partial charge in [0.15, 0.2) is 0 Å². The van der Waals surface area contributed by atoms with Crippen LogP contribution in [0.1, 0.15) is 47.7 Å². The summed E-state index contributed by atoms with van der Waals surface area (Å²) in [6.45, 7) is 5.44. The Kier molecular flexibility index (Phi) is 3.86. The molecule has 0 atom stereocenters. The first-order chi connectivity index (χ1) is 9.12. The lowest BCUT2D eigenvalue weighted by Gasteiger charge is -2.39. The Morgan fingerprint density at radius 1 is 1.30 bits per heavy atom. The molecular formula is C14H18ClNO3S. The van der Waals surface area contributed by atoms with Crippen LogP contribution < -0.4 is 5.32 Å². The number of amides is 1. The number of hydrogen-bond donors (Lipinski definition) is 1. The van der Waals surface area contributed by atoms with Gasteiger partial charge in [-0.1, -0.05) is 0 Å². The van der Waals surface area contributed by atoms with E-state index in [0.29, 0.717) is 11.1 Å². The Morgan fingerprint density at radius 3 is 2.35 bits per heavy atom. The molecule has 4 nitrogen and oxygen atoms in total. The summed E-state index contributed by atoms with van der Waals surface area (Å²) in [4.78, 5) is 12.2. The van der Waals surface area contributed by atoms with E-state index in [1.165, 1.54) is 6.07 Å². The summed E-state index contributed by atoms with van der Waals surface area (Å²) in [5, 5.41) is 2.96. The summed E-state index contributed by atoms with van der Waals surface area (Å²) >= 11 is 0. The fourth-order valence-corrected chi connectivity index (χ4v) is 3.66. The van der Waals surface area contributed by atoms with Gasteiger partial charge in [-0.15, -0.1) is 0 Å². The van der Waals surface area contributed by atoms with Crippen LogP contribution in [0.15, 0.2) is 17.0 Å². The highest BCUT2D eigenvalue weighted by molar-refractivity contribution is 8.13. The maximum absolute atomic E-state index is 12.2. The van der Waals surface area contributed by atoms with Gasteiger partial charge in [-0.25, -0.2) is 8.42 Å². The minimum atomic E-state index is -3.86. The zero-order valence-corrected chi connectivity index (χ0v) is 13.4. The average molecular weight is 316 g/mol. The van der Waals surface area contributed by atoms with Crippen LogP contribution in [0.4, 0.5) is 0 Å². The number of carbonyl (C=O) groups is 1. The average Bonchev–Trinajstić information content (AvgIpc) is 2.28. The Morgan fingerprint density at radius 2 is 1.90 bits per heavy atom. The van der Waals surface area contributed by atoms with Crippen molar-refractivity contribution < 1.29 is 13.2 Å². The standard InChI is InChI=1S/C14H18ClNO3S/c1-9-7-11(8-12(10(9)2)20(15,18)19)13(17)16-14(3)5-4-6-14/h7-8H,4-6H2,1-3H3,(H,16,17). The van der Waals surface area contributed by atoms with Gasteiger partial charge >= 0.3 is 0 Å². The van der Waals surface area contributed by atoms with E-state index in [-0.39, 0.29) is 16.3 Å². The minimum absolute atomic E-state index is 0.00285. The van der Waals surface area contributed by atoms with Crippen LogP contribution in [0.25, 0.3) is 0 Å². The molecule has 1 aromatic carbocycles. The predicted octanol–water partition coefficient (Wildman–Crippen LogP) is 2.90. The Labute approximate surface area is 123 Å². The zero-order chi connectivity index (χ0) is 15.1. The van der Waals surface area contributed by atoms with Crippen molar-refractivity contribution in [3.05, 3.63) is 28.8 Å². The molecule has 0 unspecified atom stereocenters. The highest BCUT2D eigenvalue weighted by Crippen LogP contribution is 2.31. The second-order valence-electron chi connectivity index (χ2n) is 5.72. The topological polar surface area (TPSA) is 63.2 Å². The van der Waals surface area contributed by atoms with Crippen molar-refractivity contribution in [3.8, 4) is 0 Å². The van der Waals surface area contributed by atoms with E-state index in [2.05, 4.69) is 5.32 Å². The normalized spacial score (nSPS) is 17.4. The molecule has 110 valence electrons. The van der Waals surface area contributed by atoms with Crippen LogP contribution in [0.2, 0.25) is 0 Å². The van der Waals surface area contributed by atoms with Crippen molar-refractivity contribution >= 4 is 25.6 Å². The lowest BCUT2D eigenvalue weighted by molar-refractivity contribution is 0.0850. The molecule has 1 fully saturated rings. The van der Waals surface area contributed by atoms with E-state index in [1.54, 1.807) is 19.9 Å². The van der Waals surface area contributed by atoms with Gasteiger partial charge in [0.25, 0.3) is 15.0 Å². The third kappa shape index (κ3) is 2.99. The summed E-state index contributed by atoms with van der Waals surface area (Å²) in [6.07, 6.45) is 3.00. The molecular weight excluding hydrogens is 298 g/mol. The van der Waals surface area contributed by atoms with Crippen LogP contribution in [0.3, 0.4) is 0 Å². The SMILES string of the molecule is Cc1cc(C(=O)NC2(C)CCC2)cc(S(=O)(=O)Cl)c1C. The molecule has 0 bridgehead atoms. The highest BCUT2D eigenvalue weighted by Gasteiger charge is 2.33. The van der Waals surface area contributed by atoms with E-state index in [9.17, 15) is 13.2 Å². The summed E-state index contributed by atoms with van der Waals surface area (Å²) in [6, 6.07) is 3.04. The van der Waals surface area contributed by atoms with Gasteiger partial charge < -0.3 is 5.32 Å². The molecule has 1 aliphatic carbocycles. The molecule has 0 aliphatic heterocycles. The third-order valence-electron chi connectivity index (χ3n) is 4.02. The smallest absolute Gasteiger partial charge is 0.261 e. The lowest BCUT2D eigenvalue weighted by Crippen LogP contribution is -2.50. The van der Waals surface area contributed by atoms with Gasteiger partial charge in [-0.05, 0) is 63.3 Å². The highest BCUT2D eigenvalue weighted by atomic mass is 35.7. The van der Waals surface area contributed by atoms with Crippen LogP contribution in [-0.4, -0.2) is 19.9 Å². The van der Waals surface area contributed by atoms with Crippen LogP contribution >= 0.6 is 10.7 Å². The van der Waals surface area contributed by atoms with Crippen molar-refractivity contribution in [2.24, 2.45) is 0 Å². The first-order valence-electron chi connectivity index (χ1n) is 6.51. The van der Waals surface area contributed by atoms with Gasteiger partial charge in [-0.3, -0.25) is 4.79 Å². The number of hydrogen-bond acceptors (Lipinski definition) is 3. The fraction of sp³-hybridized carbons (Fsp3) is 0.500.